The number of anilines is 2. The molecule has 2 N–H and O–H groups in total. The van der Waals surface area contributed by atoms with Crippen molar-refractivity contribution in [2.75, 3.05) is 62.6 Å². The van der Waals surface area contributed by atoms with Crippen LogP contribution in [0.4, 0.5) is 11.5 Å². The van der Waals surface area contributed by atoms with Gasteiger partial charge in [-0.2, -0.15) is 0 Å². The normalized spacial score (nSPS) is 18.2. The molecule has 6 rings (SSSR count). The maximum absolute atomic E-state index is 12.6. The molecule has 1 aromatic carbocycles. The molecule has 2 fully saturated rings. The molecule has 3 aromatic heterocycles. The summed E-state index contributed by atoms with van der Waals surface area (Å²) in [5, 5.41) is 6.78. The smallest absolute Gasteiger partial charge is 0.257 e. The highest BCUT2D eigenvalue weighted by Gasteiger charge is 2.23. The van der Waals surface area contributed by atoms with Gasteiger partial charge >= 0.3 is 0 Å². The first-order chi connectivity index (χ1) is 18.2. The van der Waals surface area contributed by atoms with E-state index in [1.54, 1.807) is 18.5 Å². The third-order valence-electron chi connectivity index (χ3n) is 6.82. The summed E-state index contributed by atoms with van der Waals surface area (Å²) in [4.78, 5) is 30.7. The quantitative estimate of drug-likeness (QED) is 0.414. The lowest BCUT2D eigenvalue weighted by Crippen LogP contribution is -2.48. The number of hydrogen-bond acceptors (Lipinski definition) is 9. The average molecular weight is 500 g/mol. The van der Waals surface area contributed by atoms with Gasteiger partial charge in [0.05, 0.1) is 35.7 Å². The summed E-state index contributed by atoms with van der Waals surface area (Å²) in [7, 11) is 0. The Hall–Kier alpha value is -4.02. The van der Waals surface area contributed by atoms with Crippen LogP contribution in [-0.4, -0.2) is 84.3 Å². The second-order valence-electron chi connectivity index (χ2n) is 9.20. The lowest BCUT2D eigenvalue weighted by Gasteiger charge is -2.36. The molecule has 0 aliphatic carbocycles. The molecule has 0 radical (unpaired) electrons. The number of nitrogens with zero attached hydrogens (tertiary/aromatic N) is 5. The predicted octanol–water partition coefficient (Wildman–Crippen LogP) is 2.65. The van der Waals surface area contributed by atoms with Crippen molar-refractivity contribution in [2.24, 2.45) is 0 Å². The van der Waals surface area contributed by atoms with Crippen LogP contribution in [0.2, 0.25) is 0 Å². The Kier molecular flexibility index (Phi) is 6.66. The molecular formula is C27H29N7O3. The summed E-state index contributed by atoms with van der Waals surface area (Å²) < 4.78 is 10.9. The summed E-state index contributed by atoms with van der Waals surface area (Å²) in [6.07, 6.45) is 6.50. The number of rotatable bonds is 6. The Morgan fingerprint density at radius 2 is 1.92 bits per heavy atom. The third-order valence-corrected chi connectivity index (χ3v) is 6.82. The highest BCUT2D eigenvalue weighted by atomic mass is 16.5. The minimum atomic E-state index is 0.0185. The zero-order valence-electron chi connectivity index (χ0n) is 20.5. The molecule has 2 saturated heterocycles. The molecule has 5 heterocycles. The van der Waals surface area contributed by atoms with E-state index in [9.17, 15) is 4.79 Å². The minimum Gasteiger partial charge on any atom is -0.472 e. The van der Waals surface area contributed by atoms with E-state index in [1.165, 1.54) is 12.5 Å². The lowest BCUT2D eigenvalue weighted by atomic mass is 10.1. The molecule has 37 heavy (non-hydrogen) atoms. The molecule has 1 atom stereocenters. The molecule has 1 amide bonds. The highest BCUT2D eigenvalue weighted by molar-refractivity contribution is 5.94. The molecule has 0 unspecified atom stereocenters. The second kappa shape index (κ2) is 10.5. The number of hydrogen-bond donors (Lipinski definition) is 2. The Balaban J connectivity index is 1.16. The van der Waals surface area contributed by atoms with Crippen molar-refractivity contribution in [2.45, 2.75) is 6.10 Å². The SMILES string of the molecule is O=C(c1ccoc1)N1CCN(c2ccc(-c3cc4nccnc4c(NC[C@@H]4CNCCO4)n3)cc2)CC1. The van der Waals surface area contributed by atoms with Gasteiger partial charge in [-0.1, -0.05) is 12.1 Å². The van der Waals surface area contributed by atoms with Crippen LogP contribution in [0.25, 0.3) is 22.3 Å². The number of fused-ring (bicyclic) bond motifs is 1. The van der Waals surface area contributed by atoms with Crippen LogP contribution in [0, 0.1) is 0 Å². The Morgan fingerprint density at radius 3 is 2.68 bits per heavy atom. The van der Waals surface area contributed by atoms with Crippen LogP contribution in [0.5, 0.6) is 0 Å². The van der Waals surface area contributed by atoms with E-state index in [0.29, 0.717) is 37.6 Å². The number of carbonyl (C=O) groups excluding carboxylic acids is 1. The summed E-state index contributed by atoms with van der Waals surface area (Å²) in [6, 6.07) is 12.1. The standard InChI is InChI=1S/C27H29N7O3/c35-27(20-5-13-36-18-20)34-11-9-33(10-12-34)21-3-1-19(2-4-21)23-15-24-25(30-7-6-29-24)26(32-23)31-17-22-16-28-8-14-37-22/h1-7,13,15,18,22,28H,8-12,14,16-17H2,(H,31,32)/t22-/m0/s1. The maximum Gasteiger partial charge on any atom is 0.257 e. The zero-order chi connectivity index (χ0) is 25.0. The molecule has 190 valence electrons. The van der Waals surface area contributed by atoms with Crippen molar-refractivity contribution in [3.8, 4) is 11.3 Å². The fraction of sp³-hybridized carbons (Fsp3) is 0.333. The van der Waals surface area contributed by atoms with E-state index < -0.39 is 0 Å². The number of furan rings is 1. The monoisotopic (exact) mass is 499 g/mol. The van der Waals surface area contributed by atoms with Crippen molar-refractivity contribution in [1.29, 1.82) is 0 Å². The molecule has 0 saturated carbocycles. The molecular weight excluding hydrogens is 470 g/mol. The molecule has 10 heteroatoms. The number of morpholine rings is 1. The van der Waals surface area contributed by atoms with Gasteiger partial charge in [0, 0.05) is 69.5 Å². The van der Waals surface area contributed by atoms with Gasteiger partial charge in [-0.15, -0.1) is 0 Å². The number of ether oxygens (including phenoxy) is 1. The van der Waals surface area contributed by atoms with Gasteiger partial charge in [0.25, 0.3) is 5.91 Å². The number of amides is 1. The van der Waals surface area contributed by atoms with Gasteiger partial charge < -0.3 is 29.6 Å². The van der Waals surface area contributed by atoms with E-state index >= 15 is 0 Å². The number of aromatic nitrogens is 3. The van der Waals surface area contributed by atoms with Gasteiger partial charge in [0.2, 0.25) is 0 Å². The van der Waals surface area contributed by atoms with Crippen molar-refractivity contribution >= 4 is 28.4 Å². The number of benzene rings is 1. The van der Waals surface area contributed by atoms with Crippen molar-refractivity contribution in [3.05, 3.63) is 66.9 Å². The molecule has 0 bridgehead atoms. The fourth-order valence-corrected chi connectivity index (χ4v) is 4.78. The third kappa shape index (κ3) is 5.11. The zero-order valence-corrected chi connectivity index (χ0v) is 20.5. The molecule has 0 spiro atoms. The number of nitrogens with one attached hydrogen (secondary N) is 2. The van der Waals surface area contributed by atoms with Gasteiger partial charge in [0.1, 0.15) is 11.8 Å². The topological polar surface area (TPSA) is 109 Å². The average Bonchev–Trinajstić information content (AvgIpc) is 3.51. The first-order valence-corrected chi connectivity index (χ1v) is 12.6. The van der Waals surface area contributed by atoms with Crippen molar-refractivity contribution in [1.82, 2.24) is 25.2 Å². The van der Waals surface area contributed by atoms with Gasteiger partial charge in [-0.3, -0.25) is 9.78 Å². The van der Waals surface area contributed by atoms with E-state index in [0.717, 1.165) is 54.2 Å². The van der Waals surface area contributed by atoms with Crippen LogP contribution >= 0.6 is 0 Å². The van der Waals surface area contributed by atoms with Crippen molar-refractivity contribution in [3.63, 3.8) is 0 Å². The first-order valence-electron chi connectivity index (χ1n) is 12.6. The number of piperazine rings is 1. The van der Waals surface area contributed by atoms with Crippen molar-refractivity contribution < 1.29 is 13.9 Å². The highest BCUT2D eigenvalue weighted by Crippen LogP contribution is 2.28. The van der Waals surface area contributed by atoms with Gasteiger partial charge in [-0.05, 0) is 24.3 Å². The van der Waals surface area contributed by atoms with Gasteiger partial charge in [0.15, 0.2) is 5.82 Å². The predicted molar refractivity (Wildman–Crippen MR) is 141 cm³/mol. The minimum absolute atomic E-state index is 0.0185. The Morgan fingerprint density at radius 1 is 1.08 bits per heavy atom. The number of carbonyl (C=O) groups is 1. The van der Waals surface area contributed by atoms with Crippen LogP contribution in [0.1, 0.15) is 10.4 Å². The summed E-state index contributed by atoms with van der Waals surface area (Å²) in [6.45, 7) is 5.94. The molecule has 2 aliphatic rings. The molecule has 2 aliphatic heterocycles. The van der Waals surface area contributed by atoms with E-state index in [4.69, 9.17) is 14.1 Å². The number of pyridine rings is 1. The first kappa shape index (κ1) is 23.4. The second-order valence-corrected chi connectivity index (χ2v) is 9.20. The van der Waals surface area contributed by atoms with Crippen LogP contribution in [0.3, 0.4) is 0 Å². The summed E-state index contributed by atoms with van der Waals surface area (Å²) in [5.74, 6) is 0.724. The van der Waals surface area contributed by atoms with Crippen LogP contribution in [-0.2, 0) is 4.74 Å². The lowest BCUT2D eigenvalue weighted by molar-refractivity contribution is 0.0372. The Bertz CT molecular complexity index is 1350. The Labute approximate surface area is 214 Å². The van der Waals surface area contributed by atoms with E-state index in [1.807, 2.05) is 11.0 Å². The summed E-state index contributed by atoms with van der Waals surface area (Å²) in [5.41, 5.74) is 5.10. The van der Waals surface area contributed by atoms with Gasteiger partial charge in [-0.25, -0.2) is 9.97 Å². The molecule has 4 aromatic rings. The fourth-order valence-electron chi connectivity index (χ4n) is 4.78. The van der Waals surface area contributed by atoms with Crippen LogP contribution < -0.4 is 15.5 Å². The maximum atomic E-state index is 12.6. The summed E-state index contributed by atoms with van der Waals surface area (Å²) >= 11 is 0. The van der Waals surface area contributed by atoms with E-state index in [2.05, 4.69) is 49.8 Å². The van der Waals surface area contributed by atoms with Crippen LogP contribution in [0.15, 0.2) is 65.7 Å². The molecule has 10 nitrogen and oxygen atoms in total. The van der Waals surface area contributed by atoms with E-state index in [-0.39, 0.29) is 12.0 Å². The largest absolute Gasteiger partial charge is 0.472 e.